The second-order valence-electron chi connectivity index (χ2n) is 5.29. The average Bonchev–Trinajstić information content (AvgIpc) is 2.47. The number of likely N-dealkylation sites (tertiary alicyclic amines) is 1. The van der Waals surface area contributed by atoms with Gasteiger partial charge in [-0.25, -0.2) is 0 Å². The Labute approximate surface area is 120 Å². The van der Waals surface area contributed by atoms with E-state index in [-0.39, 0.29) is 12.0 Å². The van der Waals surface area contributed by atoms with Crippen molar-refractivity contribution in [2.24, 2.45) is 0 Å². The lowest BCUT2D eigenvalue weighted by Crippen LogP contribution is -2.40. The molecular formula is C16H23NO3. The highest BCUT2D eigenvalue weighted by atomic mass is 16.5. The van der Waals surface area contributed by atoms with E-state index in [1.54, 1.807) is 7.11 Å². The SMILES string of the molecule is CCc1cc(CC(=O)N2CCC(O)CC2)ccc1OC. The van der Waals surface area contributed by atoms with E-state index < -0.39 is 0 Å². The Morgan fingerprint density at radius 2 is 2.10 bits per heavy atom. The number of carbonyl (C=O) groups is 1. The number of carbonyl (C=O) groups excluding carboxylic acids is 1. The van der Waals surface area contributed by atoms with Crippen LogP contribution in [0.2, 0.25) is 0 Å². The molecule has 1 fully saturated rings. The van der Waals surface area contributed by atoms with Crippen molar-refractivity contribution in [3.05, 3.63) is 29.3 Å². The highest BCUT2D eigenvalue weighted by Gasteiger charge is 2.21. The lowest BCUT2D eigenvalue weighted by molar-refractivity contribution is -0.132. The Hall–Kier alpha value is -1.55. The van der Waals surface area contributed by atoms with E-state index in [2.05, 4.69) is 13.0 Å². The monoisotopic (exact) mass is 277 g/mol. The van der Waals surface area contributed by atoms with E-state index in [1.165, 1.54) is 0 Å². The minimum absolute atomic E-state index is 0.143. The van der Waals surface area contributed by atoms with Crippen LogP contribution in [0.15, 0.2) is 18.2 Å². The first kappa shape index (κ1) is 14.9. The number of aliphatic hydroxyl groups is 1. The zero-order valence-electron chi connectivity index (χ0n) is 12.3. The molecule has 1 saturated heterocycles. The van der Waals surface area contributed by atoms with Crippen LogP contribution in [0.5, 0.6) is 5.75 Å². The van der Waals surface area contributed by atoms with E-state index >= 15 is 0 Å². The molecule has 1 heterocycles. The number of amides is 1. The molecule has 0 saturated carbocycles. The molecule has 1 aliphatic heterocycles. The lowest BCUT2D eigenvalue weighted by atomic mass is 10.0. The third kappa shape index (κ3) is 3.51. The zero-order chi connectivity index (χ0) is 14.5. The van der Waals surface area contributed by atoms with Crippen molar-refractivity contribution in [2.45, 2.75) is 38.7 Å². The fourth-order valence-corrected chi connectivity index (χ4v) is 2.62. The minimum atomic E-state index is -0.244. The predicted octanol–water partition coefficient (Wildman–Crippen LogP) is 1.78. The maximum atomic E-state index is 12.2. The number of ether oxygens (including phenoxy) is 1. The van der Waals surface area contributed by atoms with Crippen molar-refractivity contribution in [1.29, 1.82) is 0 Å². The lowest BCUT2D eigenvalue weighted by Gasteiger charge is -2.29. The topological polar surface area (TPSA) is 49.8 Å². The van der Waals surface area contributed by atoms with Crippen molar-refractivity contribution < 1.29 is 14.6 Å². The van der Waals surface area contributed by atoms with Crippen LogP contribution >= 0.6 is 0 Å². The number of hydrogen-bond acceptors (Lipinski definition) is 3. The van der Waals surface area contributed by atoms with Gasteiger partial charge in [0.1, 0.15) is 5.75 Å². The number of nitrogens with zero attached hydrogens (tertiary/aromatic N) is 1. The molecule has 1 N–H and O–H groups in total. The second-order valence-corrected chi connectivity index (χ2v) is 5.29. The van der Waals surface area contributed by atoms with Crippen LogP contribution in [0, 0.1) is 0 Å². The van der Waals surface area contributed by atoms with Crippen molar-refractivity contribution in [3.63, 3.8) is 0 Å². The summed E-state index contributed by atoms with van der Waals surface area (Å²) < 4.78 is 5.30. The summed E-state index contributed by atoms with van der Waals surface area (Å²) in [5.41, 5.74) is 2.16. The van der Waals surface area contributed by atoms with E-state index in [1.807, 2.05) is 17.0 Å². The largest absolute Gasteiger partial charge is 0.496 e. The summed E-state index contributed by atoms with van der Waals surface area (Å²) in [5, 5.41) is 9.47. The Balaban J connectivity index is 2.00. The van der Waals surface area contributed by atoms with Crippen LogP contribution in [0.1, 0.15) is 30.9 Å². The van der Waals surface area contributed by atoms with Gasteiger partial charge < -0.3 is 14.7 Å². The first-order chi connectivity index (χ1) is 9.63. The predicted molar refractivity (Wildman–Crippen MR) is 77.9 cm³/mol. The van der Waals surface area contributed by atoms with Crippen LogP contribution in [0.25, 0.3) is 0 Å². The number of aliphatic hydroxyl groups excluding tert-OH is 1. The van der Waals surface area contributed by atoms with Gasteiger partial charge in [-0.15, -0.1) is 0 Å². The molecule has 0 aliphatic carbocycles. The molecular weight excluding hydrogens is 254 g/mol. The van der Waals surface area contributed by atoms with Gasteiger partial charge >= 0.3 is 0 Å². The Morgan fingerprint density at radius 3 is 2.70 bits per heavy atom. The Bertz CT molecular complexity index is 465. The minimum Gasteiger partial charge on any atom is -0.496 e. The van der Waals surface area contributed by atoms with Crippen molar-refractivity contribution >= 4 is 5.91 Å². The van der Waals surface area contributed by atoms with Crippen molar-refractivity contribution in [1.82, 2.24) is 4.90 Å². The zero-order valence-corrected chi connectivity index (χ0v) is 12.3. The fraction of sp³-hybridized carbons (Fsp3) is 0.562. The van der Waals surface area contributed by atoms with Gasteiger partial charge in [0, 0.05) is 13.1 Å². The summed E-state index contributed by atoms with van der Waals surface area (Å²) in [7, 11) is 1.67. The van der Waals surface area contributed by atoms with Gasteiger partial charge in [-0.2, -0.15) is 0 Å². The number of piperidine rings is 1. The number of benzene rings is 1. The molecule has 20 heavy (non-hydrogen) atoms. The first-order valence-corrected chi connectivity index (χ1v) is 7.25. The third-order valence-corrected chi connectivity index (χ3v) is 3.90. The Morgan fingerprint density at radius 1 is 1.40 bits per heavy atom. The molecule has 110 valence electrons. The highest BCUT2D eigenvalue weighted by Crippen LogP contribution is 2.21. The number of hydrogen-bond donors (Lipinski definition) is 1. The molecule has 0 aromatic heterocycles. The molecule has 4 nitrogen and oxygen atoms in total. The summed E-state index contributed by atoms with van der Waals surface area (Å²) in [6.45, 7) is 3.41. The van der Waals surface area contributed by atoms with E-state index in [0.717, 1.165) is 23.3 Å². The molecule has 1 amide bonds. The van der Waals surface area contributed by atoms with Gasteiger partial charge in [0.25, 0.3) is 0 Å². The van der Waals surface area contributed by atoms with Gasteiger partial charge in [0.2, 0.25) is 5.91 Å². The second kappa shape index (κ2) is 6.75. The fourth-order valence-electron chi connectivity index (χ4n) is 2.62. The van der Waals surface area contributed by atoms with E-state index in [4.69, 9.17) is 4.74 Å². The van der Waals surface area contributed by atoms with E-state index in [9.17, 15) is 9.90 Å². The summed E-state index contributed by atoms with van der Waals surface area (Å²) in [5.74, 6) is 1.02. The Kier molecular flexibility index (Phi) is 5.01. The normalized spacial score (nSPS) is 16.2. The first-order valence-electron chi connectivity index (χ1n) is 7.25. The third-order valence-electron chi connectivity index (χ3n) is 3.90. The number of rotatable bonds is 4. The molecule has 1 aromatic rings. The van der Waals surface area contributed by atoms with Crippen molar-refractivity contribution in [2.75, 3.05) is 20.2 Å². The number of methoxy groups -OCH3 is 1. The van der Waals surface area contributed by atoms with Gasteiger partial charge in [0.15, 0.2) is 0 Å². The van der Waals surface area contributed by atoms with Gasteiger partial charge in [-0.05, 0) is 36.5 Å². The van der Waals surface area contributed by atoms with Crippen LogP contribution in [-0.2, 0) is 17.6 Å². The smallest absolute Gasteiger partial charge is 0.226 e. The maximum Gasteiger partial charge on any atom is 0.226 e. The number of aryl methyl sites for hydroxylation is 1. The van der Waals surface area contributed by atoms with Crippen LogP contribution in [-0.4, -0.2) is 42.2 Å². The summed E-state index contributed by atoms with van der Waals surface area (Å²) in [6, 6.07) is 5.94. The summed E-state index contributed by atoms with van der Waals surface area (Å²) in [4.78, 5) is 14.1. The molecule has 1 aliphatic rings. The van der Waals surface area contributed by atoms with Crippen LogP contribution < -0.4 is 4.74 Å². The van der Waals surface area contributed by atoms with Gasteiger partial charge in [-0.3, -0.25) is 4.79 Å². The standard InChI is InChI=1S/C16H23NO3/c1-3-13-10-12(4-5-15(13)20-2)11-16(19)17-8-6-14(18)7-9-17/h4-5,10,14,18H,3,6-9,11H2,1-2H3. The summed E-state index contributed by atoms with van der Waals surface area (Å²) in [6.07, 6.45) is 2.45. The maximum absolute atomic E-state index is 12.2. The van der Waals surface area contributed by atoms with Crippen molar-refractivity contribution in [3.8, 4) is 5.75 Å². The van der Waals surface area contributed by atoms with E-state index in [0.29, 0.717) is 32.4 Å². The molecule has 0 bridgehead atoms. The van der Waals surface area contributed by atoms with Crippen LogP contribution in [0.3, 0.4) is 0 Å². The summed E-state index contributed by atoms with van der Waals surface area (Å²) >= 11 is 0. The molecule has 2 rings (SSSR count). The molecule has 0 spiro atoms. The highest BCUT2D eigenvalue weighted by molar-refractivity contribution is 5.79. The molecule has 0 atom stereocenters. The average molecular weight is 277 g/mol. The quantitative estimate of drug-likeness (QED) is 0.912. The molecule has 4 heteroatoms. The van der Waals surface area contributed by atoms with Gasteiger partial charge in [-0.1, -0.05) is 19.1 Å². The van der Waals surface area contributed by atoms with Gasteiger partial charge in [0.05, 0.1) is 19.6 Å². The van der Waals surface area contributed by atoms with Crippen LogP contribution in [0.4, 0.5) is 0 Å². The molecule has 1 aromatic carbocycles. The molecule has 0 unspecified atom stereocenters. The molecule has 0 radical (unpaired) electrons.